The molecule has 2 rings (SSSR count). The summed E-state index contributed by atoms with van der Waals surface area (Å²) in [6.07, 6.45) is 8.41. The van der Waals surface area contributed by atoms with Gasteiger partial charge in [-0.05, 0) is 49.0 Å². The molecule has 0 saturated carbocycles. The molecule has 0 saturated heterocycles. The van der Waals surface area contributed by atoms with Crippen molar-refractivity contribution in [1.82, 2.24) is 5.32 Å². The van der Waals surface area contributed by atoms with E-state index in [1.165, 1.54) is 11.3 Å². The molecule has 0 amide bonds. The maximum Gasteiger partial charge on any atom is 0.123 e. The monoisotopic (exact) mass is 315 g/mol. The molecule has 2 N–H and O–H groups in total. The average Bonchev–Trinajstić information content (AvgIpc) is 2.55. The highest BCUT2D eigenvalue weighted by atomic mass is 32.2. The summed E-state index contributed by atoms with van der Waals surface area (Å²) >= 11 is 1.81. The predicted octanol–water partition coefficient (Wildman–Crippen LogP) is 4.96. The first-order chi connectivity index (χ1) is 10.7. The van der Waals surface area contributed by atoms with Crippen molar-refractivity contribution in [3.63, 3.8) is 0 Å². The molecule has 2 aromatic carbocycles. The molecule has 2 nitrogen and oxygen atoms in total. The van der Waals surface area contributed by atoms with E-state index in [0.29, 0.717) is 5.75 Å². The van der Waals surface area contributed by atoms with Crippen LogP contribution >= 0.6 is 11.8 Å². The highest BCUT2D eigenvalue weighted by molar-refractivity contribution is 8.02. The van der Waals surface area contributed by atoms with Gasteiger partial charge in [-0.2, -0.15) is 0 Å². The zero-order valence-electron chi connectivity index (χ0n) is 13.4. The van der Waals surface area contributed by atoms with Crippen molar-refractivity contribution >= 4 is 22.5 Å². The van der Waals surface area contributed by atoms with Crippen molar-refractivity contribution < 1.29 is 5.11 Å². The summed E-state index contributed by atoms with van der Waals surface area (Å²) in [7, 11) is 1.98. The van der Waals surface area contributed by atoms with E-state index < -0.39 is 0 Å². The summed E-state index contributed by atoms with van der Waals surface area (Å²) in [5.41, 5.74) is 0. The number of allylic oxidation sites excluding steroid dienone is 3. The van der Waals surface area contributed by atoms with Gasteiger partial charge in [0.2, 0.25) is 0 Å². The van der Waals surface area contributed by atoms with Gasteiger partial charge in [-0.1, -0.05) is 55.1 Å². The average molecular weight is 315 g/mol. The van der Waals surface area contributed by atoms with Crippen LogP contribution in [0.15, 0.2) is 66.1 Å². The Balaban J connectivity index is 0.000000220. The van der Waals surface area contributed by atoms with E-state index in [2.05, 4.69) is 24.2 Å². The molecule has 3 heteroatoms. The Morgan fingerprint density at radius 3 is 2.59 bits per heavy atom. The summed E-state index contributed by atoms with van der Waals surface area (Å²) < 4.78 is 0. The first kappa shape index (κ1) is 18.3. The van der Waals surface area contributed by atoms with E-state index in [4.69, 9.17) is 0 Å². The number of thioether (sulfide) groups is 1. The van der Waals surface area contributed by atoms with Crippen molar-refractivity contribution in [1.29, 1.82) is 0 Å². The minimum Gasteiger partial charge on any atom is -0.507 e. The summed E-state index contributed by atoms with van der Waals surface area (Å²) in [6, 6.07) is 13.3. The maximum absolute atomic E-state index is 9.37. The quantitative estimate of drug-likeness (QED) is 0.583. The Morgan fingerprint density at radius 1 is 1.23 bits per heavy atom. The van der Waals surface area contributed by atoms with Gasteiger partial charge in [-0.15, -0.1) is 11.8 Å². The first-order valence-corrected chi connectivity index (χ1v) is 8.62. The highest BCUT2D eigenvalue weighted by Crippen LogP contribution is 2.22. The third kappa shape index (κ3) is 6.37. The number of benzene rings is 2. The second kappa shape index (κ2) is 10.9. The fourth-order valence-corrected chi connectivity index (χ4v) is 2.61. The SMILES string of the molecule is C=C/C=C(/CCCNC)SC.Oc1cccc2ccccc12. The van der Waals surface area contributed by atoms with Gasteiger partial charge in [0.1, 0.15) is 5.75 Å². The lowest BCUT2D eigenvalue weighted by Crippen LogP contribution is -2.07. The fourth-order valence-electron chi connectivity index (χ4n) is 2.03. The smallest absolute Gasteiger partial charge is 0.123 e. The number of nitrogens with one attached hydrogen (secondary N) is 1. The third-order valence-electron chi connectivity index (χ3n) is 3.18. The van der Waals surface area contributed by atoms with Gasteiger partial charge >= 0.3 is 0 Å². The van der Waals surface area contributed by atoms with Crippen LogP contribution in [0.2, 0.25) is 0 Å². The molecule has 2 aromatic rings. The normalized spacial score (nSPS) is 10.9. The standard InChI is InChI=1S/C10H8O.C9H17NS/c11-10-7-3-5-8-4-1-2-6-9(8)10;1-4-6-9(11-3)7-5-8-10-2/h1-7,11H;4,6,10H,1,5,7-8H2,2-3H3/b;9-6-. The Morgan fingerprint density at radius 2 is 1.95 bits per heavy atom. The molecule has 0 bridgehead atoms. The second-order valence-electron chi connectivity index (χ2n) is 4.78. The maximum atomic E-state index is 9.37. The van der Waals surface area contributed by atoms with Gasteiger partial charge in [0.05, 0.1) is 0 Å². The van der Waals surface area contributed by atoms with E-state index in [1.807, 2.05) is 61.3 Å². The molecule has 0 aliphatic carbocycles. The summed E-state index contributed by atoms with van der Waals surface area (Å²) in [6.45, 7) is 4.76. The van der Waals surface area contributed by atoms with E-state index >= 15 is 0 Å². The van der Waals surface area contributed by atoms with Crippen molar-refractivity contribution in [3.8, 4) is 5.75 Å². The molecule has 118 valence electrons. The number of phenolic OH excluding ortho intramolecular Hbond substituents is 1. The molecule has 22 heavy (non-hydrogen) atoms. The van der Waals surface area contributed by atoms with Crippen molar-refractivity contribution in [2.45, 2.75) is 12.8 Å². The molecule has 0 aliphatic heterocycles. The molecule has 0 atom stereocenters. The molecule has 0 radical (unpaired) electrons. The number of fused-ring (bicyclic) bond motifs is 1. The predicted molar refractivity (Wildman–Crippen MR) is 101 cm³/mol. The lowest BCUT2D eigenvalue weighted by molar-refractivity contribution is 0.481. The fraction of sp³-hybridized carbons (Fsp3) is 0.263. The first-order valence-electron chi connectivity index (χ1n) is 7.39. The van der Waals surface area contributed by atoms with Crippen LogP contribution in [0.5, 0.6) is 5.75 Å². The summed E-state index contributed by atoms with van der Waals surface area (Å²) in [5, 5.41) is 14.5. The van der Waals surface area contributed by atoms with E-state index in [9.17, 15) is 5.11 Å². The zero-order chi connectivity index (χ0) is 16.2. The number of hydrogen-bond donors (Lipinski definition) is 2. The van der Waals surface area contributed by atoms with Gasteiger partial charge in [0, 0.05) is 5.39 Å². The van der Waals surface area contributed by atoms with Gasteiger partial charge in [0.25, 0.3) is 0 Å². The van der Waals surface area contributed by atoms with Gasteiger partial charge < -0.3 is 10.4 Å². The van der Waals surface area contributed by atoms with E-state index in [0.717, 1.165) is 23.7 Å². The summed E-state index contributed by atoms with van der Waals surface area (Å²) in [4.78, 5) is 1.41. The van der Waals surface area contributed by atoms with Gasteiger partial charge in [0.15, 0.2) is 0 Å². The van der Waals surface area contributed by atoms with Crippen molar-refractivity contribution in [2.75, 3.05) is 19.8 Å². The van der Waals surface area contributed by atoms with Crippen LogP contribution in [0.3, 0.4) is 0 Å². The molecule has 0 aromatic heterocycles. The van der Waals surface area contributed by atoms with Crippen LogP contribution < -0.4 is 5.32 Å². The highest BCUT2D eigenvalue weighted by Gasteiger charge is 1.94. The van der Waals surface area contributed by atoms with Crippen LogP contribution in [-0.4, -0.2) is 25.0 Å². The summed E-state index contributed by atoms with van der Waals surface area (Å²) in [5.74, 6) is 0.350. The van der Waals surface area contributed by atoms with Crippen LogP contribution in [0.25, 0.3) is 10.8 Å². The largest absolute Gasteiger partial charge is 0.507 e. The molecular weight excluding hydrogens is 290 g/mol. The van der Waals surface area contributed by atoms with Crippen LogP contribution in [0.1, 0.15) is 12.8 Å². The molecule has 0 unspecified atom stereocenters. The zero-order valence-corrected chi connectivity index (χ0v) is 14.2. The molecule has 0 aliphatic rings. The number of phenols is 1. The number of aromatic hydroxyl groups is 1. The number of rotatable bonds is 6. The number of hydrogen-bond acceptors (Lipinski definition) is 3. The van der Waals surface area contributed by atoms with Crippen LogP contribution in [0.4, 0.5) is 0 Å². The Labute approximate surface area is 137 Å². The topological polar surface area (TPSA) is 32.3 Å². The molecule has 0 heterocycles. The lowest BCUT2D eigenvalue weighted by atomic mass is 10.1. The van der Waals surface area contributed by atoms with Crippen molar-refractivity contribution in [3.05, 3.63) is 66.1 Å². The minimum atomic E-state index is 0.350. The minimum absolute atomic E-state index is 0.350. The van der Waals surface area contributed by atoms with Crippen LogP contribution in [-0.2, 0) is 0 Å². The Hall–Kier alpha value is -1.71. The third-order valence-corrected chi connectivity index (χ3v) is 4.05. The van der Waals surface area contributed by atoms with Gasteiger partial charge in [-0.3, -0.25) is 0 Å². The molecule has 0 fully saturated rings. The second-order valence-corrected chi connectivity index (χ2v) is 5.71. The molecular formula is C19H25NOS. The lowest BCUT2D eigenvalue weighted by Gasteiger charge is -2.01. The van der Waals surface area contributed by atoms with Crippen LogP contribution in [0, 0.1) is 0 Å². The molecule has 0 spiro atoms. The Bertz CT molecular complexity index is 602. The van der Waals surface area contributed by atoms with Crippen molar-refractivity contribution in [2.24, 2.45) is 0 Å². The van der Waals surface area contributed by atoms with E-state index in [1.54, 1.807) is 6.07 Å². The van der Waals surface area contributed by atoms with Gasteiger partial charge in [-0.25, -0.2) is 0 Å². The van der Waals surface area contributed by atoms with E-state index in [-0.39, 0.29) is 0 Å². The Kier molecular flexibility index (Phi) is 9.12.